The van der Waals surface area contributed by atoms with Crippen LogP contribution in [0.5, 0.6) is 0 Å². The van der Waals surface area contributed by atoms with Crippen LogP contribution in [0.25, 0.3) is 88.0 Å². The molecule has 0 heterocycles. The number of nitrogens with zero attached hydrogens (tertiary/aromatic N) is 1. The van der Waals surface area contributed by atoms with Gasteiger partial charge >= 0.3 is 0 Å². The van der Waals surface area contributed by atoms with Crippen LogP contribution in [0.1, 0.15) is 16.4 Å². The summed E-state index contributed by atoms with van der Waals surface area (Å²) in [5.74, 6) is 0. The van der Waals surface area contributed by atoms with Crippen molar-refractivity contribution in [3.63, 3.8) is 0 Å². The van der Waals surface area contributed by atoms with Crippen LogP contribution in [-0.2, 0) is 0 Å². The molecular weight excluding hydrogens is 735 g/mol. The van der Waals surface area contributed by atoms with Gasteiger partial charge in [-0.2, -0.15) is 0 Å². The highest BCUT2D eigenvalue weighted by Crippen LogP contribution is 2.42. The summed E-state index contributed by atoms with van der Waals surface area (Å²) in [6.45, 7) is 0. The van der Waals surface area contributed by atoms with Crippen molar-refractivity contribution in [3.8, 4) is 55.6 Å². The zero-order valence-electron chi connectivity index (χ0n) is 44.7. The highest BCUT2D eigenvalue weighted by molar-refractivity contribution is 6.04. The molecule has 0 aromatic heterocycles. The number of rotatable bonds is 8. The summed E-state index contributed by atoms with van der Waals surface area (Å²) in [5.41, 5.74) is 2.51. The smallest absolute Gasteiger partial charge is 0.0651 e. The predicted octanol–water partition coefficient (Wildman–Crippen LogP) is 17.0. The third-order valence-corrected chi connectivity index (χ3v) is 11.1. The van der Waals surface area contributed by atoms with E-state index < -0.39 is 89.6 Å². The molecule has 11 rings (SSSR count). The maximum absolute atomic E-state index is 9.96. The van der Waals surface area contributed by atoms with Gasteiger partial charge in [0.15, 0.2) is 0 Å². The van der Waals surface area contributed by atoms with Crippen LogP contribution in [0, 0.1) is 0 Å². The van der Waals surface area contributed by atoms with E-state index in [-0.39, 0.29) is 16.7 Å². The van der Waals surface area contributed by atoms with Gasteiger partial charge in [0, 0.05) is 17.1 Å². The number of fused-ring (bicyclic) bond motifs is 3. The molecule has 0 saturated heterocycles. The molecule has 0 fully saturated rings. The summed E-state index contributed by atoms with van der Waals surface area (Å²) in [6.07, 6.45) is 0. The Balaban J connectivity index is 1.18. The second-order valence-corrected chi connectivity index (χ2v) is 14.7. The summed E-state index contributed by atoms with van der Waals surface area (Å²) in [6, 6.07) is 47.2. The van der Waals surface area contributed by atoms with E-state index in [1.165, 1.54) is 0 Å². The molecule has 0 N–H and O–H groups in total. The SMILES string of the molecule is [2H]c1c([2H])c(-c2cccc3ccccc23)c([2H])c(N(c2c([2H])c([2H])c(-c3ccc(-c4cccc5ccccc45)cc3)c([2H])c2[2H])c2c([2H])c([2H])c(-c3ccc4ccccc4c3-c3ccccc3)c([2H])c2[2H])c1[2H]. The molecule has 0 aliphatic carbocycles. The Morgan fingerprint density at radius 2 is 0.787 bits per heavy atom. The maximum Gasteiger partial charge on any atom is 0.0651 e. The zero-order chi connectivity index (χ0) is 51.0. The van der Waals surface area contributed by atoms with Crippen LogP contribution in [-0.4, -0.2) is 0 Å². The lowest BCUT2D eigenvalue weighted by molar-refractivity contribution is 1.28. The fourth-order valence-corrected chi connectivity index (χ4v) is 8.16. The van der Waals surface area contributed by atoms with Gasteiger partial charge in [0.25, 0.3) is 0 Å². The van der Waals surface area contributed by atoms with Crippen molar-refractivity contribution < 1.29 is 16.4 Å². The highest BCUT2D eigenvalue weighted by atomic mass is 15.1. The van der Waals surface area contributed by atoms with E-state index in [0.29, 0.717) is 27.6 Å². The van der Waals surface area contributed by atoms with E-state index in [1.54, 1.807) is 42.5 Å². The largest absolute Gasteiger partial charge is 0.310 e. The number of anilines is 3. The Kier molecular flexibility index (Phi) is 6.53. The first-order chi connectivity index (χ1) is 35.3. The van der Waals surface area contributed by atoms with E-state index in [4.69, 9.17) is 0 Å². The lowest BCUT2D eigenvalue weighted by atomic mass is 9.90. The summed E-state index contributed by atoms with van der Waals surface area (Å²) < 4.78 is 116. The molecule has 0 aliphatic heterocycles. The lowest BCUT2D eigenvalue weighted by Gasteiger charge is -2.27. The molecule has 0 amide bonds. The van der Waals surface area contributed by atoms with E-state index in [0.717, 1.165) is 48.5 Å². The summed E-state index contributed by atoms with van der Waals surface area (Å²) in [5, 5.41) is 5.16. The van der Waals surface area contributed by atoms with Gasteiger partial charge in [0.2, 0.25) is 0 Å². The van der Waals surface area contributed by atoms with Crippen molar-refractivity contribution in [1.82, 2.24) is 0 Å². The number of benzene rings is 11. The van der Waals surface area contributed by atoms with Crippen LogP contribution in [0.4, 0.5) is 17.1 Å². The molecule has 11 aromatic carbocycles. The van der Waals surface area contributed by atoms with Crippen molar-refractivity contribution in [2.75, 3.05) is 4.90 Å². The van der Waals surface area contributed by atoms with Crippen molar-refractivity contribution in [2.45, 2.75) is 0 Å². The summed E-state index contributed by atoms with van der Waals surface area (Å²) >= 11 is 0. The second-order valence-electron chi connectivity index (χ2n) is 14.7. The Morgan fingerprint density at radius 1 is 0.279 bits per heavy atom. The highest BCUT2D eigenvalue weighted by Gasteiger charge is 2.17. The van der Waals surface area contributed by atoms with E-state index in [1.807, 2.05) is 133 Å². The van der Waals surface area contributed by atoms with Gasteiger partial charge in [-0.25, -0.2) is 0 Å². The topological polar surface area (TPSA) is 3.24 Å². The molecule has 0 bridgehead atoms. The Bertz CT molecular complexity index is 3990. The standard InChI is InChI=1S/C60H41N/c1-2-16-49(17-3-1)60-58-24-9-6-15-46(58)35-40-59(60)48-33-38-52(39-34-48)61(53-21-10-20-50(41-53)57-26-12-19-45-14-5-8-23-55(45)57)51-36-31-43(32-37-51)42-27-29-47(30-28-42)56-25-11-18-44-13-4-7-22-54(44)56/h1-41H/i10D,20D,21D,31D,32D,33D,34D,36D,37D,38D,39D,41D. The Morgan fingerprint density at radius 3 is 1.43 bits per heavy atom. The van der Waals surface area contributed by atoms with Gasteiger partial charge in [-0.1, -0.05) is 212 Å². The summed E-state index contributed by atoms with van der Waals surface area (Å²) in [4.78, 5) is 0.911. The third-order valence-electron chi connectivity index (χ3n) is 11.1. The molecule has 286 valence electrons. The quantitative estimate of drug-likeness (QED) is 0.148. The van der Waals surface area contributed by atoms with Gasteiger partial charge in [-0.3, -0.25) is 0 Å². The molecule has 1 heteroatoms. The fraction of sp³-hybridized carbons (Fsp3) is 0. The predicted molar refractivity (Wildman–Crippen MR) is 261 cm³/mol. The van der Waals surface area contributed by atoms with E-state index in [9.17, 15) is 16.4 Å². The van der Waals surface area contributed by atoms with Gasteiger partial charge in [0.05, 0.1) is 16.4 Å². The Labute approximate surface area is 373 Å². The number of hydrogen-bond acceptors (Lipinski definition) is 1. The average molecular weight is 788 g/mol. The van der Waals surface area contributed by atoms with Crippen LogP contribution >= 0.6 is 0 Å². The molecule has 0 saturated carbocycles. The molecule has 11 aromatic rings. The average Bonchev–Trinajstić information content (AvgIpc) is 3.42. The fourth-order valence-electron chi connectivity index (χ4n) is 8.16. The first kappa shape index (κ1) is 25.5. The first-order valence-corrected chi connectivity index (χ1v) is 20.0. The number of hydrogen-bond donors (Lipinski definition) is 0. The molecule has 1 nitrogen and oxygen atoms in total. The van der Waals surface area contributed by atoms with Gasteiger partial charge < -0.3 is 4.90 Å². The Hall–Kier alpha value is -8.00. The zero-order valence-corrected chi connectivity index (χ0v) is 32.7. The molecule has 0 unspecified atom stereocenters. The normalized spacial score (nSPS) is 14.0. The van der Waals surface area contributed by atoms with Gasteiger partial charge in [-0.15, -0.1) is 0 Å². The van der Waals surface area contributed by atoms with E-state index >= 15 is 0 Å². The van der Waals surface area contributed by atoms with Crippen molar-refractivity contribution >= 4 is 49.4 Å². The molecule has 0 spiro atoms. The molecule has 0 atom stereocenters. The van der Waals surface area contributed by atoms with Crippen LogP contribution in [0.2, 0.25) is 0 Å². The van der Waals surface area contributed by atoms with Gasteiger partial charge in [-0.05, 0) is 124 Å². The molecular formula is C60H41N. The molecule has 61 heavy (non-hydrogen) atoms. The van der Waals surface area contributed by atoms with Crippen molar-refractivity contribution in [1.29, 1.82) is 0 Å². The second kappa shape index (κ2) is 15.6. The molecule has 0 radical (unpaired) electrons. The van der Waals surface area contributed by atoms with Crippen LogP contribution < -0.4 is 4.90 Å². The lowest BCUT2D eigenvalue weighted by Crippen LogP contribution is -2.10. The monoisotopic (exact) mass is 787 g/mol. The minimum absolute atomic E-state index is 0.0542. The van der Waals surface area contributed by atoms with E-state index in [2.05, 4.69) is 0 Å². The minimum atomic E-state index is -0.731. The molecule has 0 aliphatic rings. The summed E-state index contributed by atoms with van der Waals surface area (Å²) in [7, 11) is 0. The van der Waals surface area contributed by atoms with Gasteiger partial charge in [0.1, 0.15) is 0 Å². The maximum atomic E-state index is 9.96. The van der Waals surface area contributed by atoms with Crippen molar-refractivity contribution in [3.05, 3.63) is 248 Å². The van der Waals surface area contributed by atoms with Crippen LogP contribution in [0.3, 0.4) is 0 Å². The van der Waals surface area contributed by atoms with Crippen LogP contribution in [0.15, 0.2) is 248 Å². The minimum Gasteiger partial charge on any atom is -0.310 e. The third kappa shape index (κ3) is 6.83. The van der Waals surface area contributed by atoms with Crippen molar-refractivity contribution in [2.24, 2.45) is 0 Å². The first-order valence-electron chi connectivity index (χ1n) is 26.0.